The molecule has 0 heterocycles. The lowest BCUT2D eigenvalue weighted by atomic mass is 9.82. The Hall–Kier alpha value is -4.20. The number of carbonyl (C=O) groups excluding carboxylic acids is 2. The van der Waals surface area contributed by atoms with Gasteiger partial charge in [-0.2, -0.15) is 0 Å². The third kappa shape index (κ3) is 2.47. The van der Waals surface area contributed by atoms with Gasteiger partial charge in [0.1, 0.15) is 5.75 Å². The van der Waals surface area contributed by atoms with Crippen LogP contribution in [0.5, 0.6) is 11.5 Å². The van der Waals surface area contributed by atoms with Crippen LogP contribution >= 0.6 is 0 Å². The van der Waals surface area contributed by atoms with E-state index in [1.54, 1.807) is 30.3 Å². The predicted molar refractivity (Wildman–Crippen MR) is 99.5 cm³/mol. The average molecular weight is 376 g/mol. The number of nitro groups is 1. The Kier molecular flexibility index (Phi) is 3.82. The molecule has 1 aliphatic rings. The van der Waals surface area contributed by atoms with Gasteiger partial charge in [-0.25, -0.2) is 0 Å². The monoisotopic (exact) mass is 376 g/mol. The molecule has 8 nitrogen and oxygen atoms in total. The quantitative estimate of drug-likeness (QED) is 0.283. The highest BCUT2D eigenvalue weighted by molar-refractivity contribution is 6.32. The molecule has 3 N–H and O–H groups in total. The van der Waals surface area contributed by atoms with Crippen molar-refractivity contribution < 1.29 is 24.7 Å². The average Bonchev–Trinajstić information content (AvgIpc) is 2.67. The number of nitro benzene ring substituents is 1. The highest BCUT2D eigenvalue weighted by Gasteiger charge is 2.38. The topological polar surface area (TPSA) is 130 Å². The smallest absolute Gasteiger partial charge is 0.311 e. The predicted octanol–water partition coefficient (Wildman–Crippen LogP) is 3.53. The molecular formula is C20H12N2O6. The van der Waals surface area contributed by atoms with Gasteiger partial charge in [0.2, 0.25) is 11.5 Å². The maximum absolute atomic E-state index is 13.1. The number of phenols is 2. The molecule has 0 atom stereocenters. The summed E-state index contributed by atoms with van der Waals surface area (Å²) in [7, 11) is 0. The highest BCUT2D eigenvalue weighted by atomic mass is 16.6. The van der Waals surface area contributed by atoms with Gasteiger partial charge in [-0.3, -0.25) is 19.7 Å². The maximum atomic E-state index is 13.1. The molecule has 0 aromatic heterocycles. The molecule has 0 unspecified atom stereocenters. The Morgan fingerprint density at radius 3 is 2.21 bits per heavy atom. The third-order valence-electron chi connectivity index (χ3n) is 4.52. The summed E-state index contributed by atoms with van der Waals surface area (Å²) in [5.41, 5.74) is -0.843. The molecule has 28 heavy (non-hydrogen) atoms. The van der Waals surface area contributed by atoms with Crippen LogP contribution in [-0.4, -0.2) is 26.7 Å². The Balaban J connectivity index is 1.95. The first kappa shape index (κ1) is 17.2. The van der Waals surface area contributed by atoms with Crippen molar-refractivity contribution in [1.29, 1.82) is 0 Å². The minimum atomic E-state index is -0.875. The largest absolute Gasteiger partial charge is 0.507 e. The van der Waals surface area contributed by atoms with Crippen LogP contribution in [0, 0.1) is 10.1 Å². The molecule has 0 radical (unpaired) electrons. The molecule has 4 rings (SSSR count). The molecule has 0 saturated heterocycles. The number of nitrogens with zero attached hydrogens (tertiary/aromatic N) is 1. The number of phenolic OH excluding ortho intramolecular Hbond substituents is 2. The van der Waals surface area contributed by atoms with Gasteiger partial charge in [-0.1, -0.05) is 18.2 Å². The van der Waals surface area contributed by atoms with Crippen molar-refractivity contribution in [2.24, 2.45) is 0 Å². The van der Waals surface area contributed by atoms with Crippen molar-refractivity contribution in [3.8, 4) is 11.5 Å². The second kappa shape index (κ2) is 6.20. The van der Waals surface area contributed by atoms with E-state index in [9.17, 15) is 29.9 Å². The van der Waals surface area contributed by atoms with Gasteiger partial charge in [-0.15, -0.1) is 0 Å². The van der Waals surface area contributed by atoms with Crippen LogP contribution in [0.15, 0.2) is 54.6 Å². The summed E-state index contributed by atoms with van der Waals surface area (Å²) in [6, 6.07) is 13.6. The van der Waals surface area contributed by atoms with E-state index in [1.807, 2.05) is 0 Å². The molecule has 3 aromatic carbocycles. The van der Waals surface area contributed by atoms with Gasteiger partial charge in [0, 0.05) is 17.3 Å². The zero-order chi connectivity index (χ0) is 20.0. The van der Waals surface area contributed by atoms with Crippen molar-refractivity contribution >= 4 is 28.6 Å². The summed E-state index contributed by atoms with van der Waals surface area (Å²) in [6.45, 7) is 0. The van der Waals surface area contributed by atoms with E-state index in [1.165, 1.54) is 12.1 Å². The number of rotatable bonds is 3. The van der Waals surface area contributed by atoms with E-state index >= 15 is 0 Å². The number of hydrogen-bond donors (Lipinski definition) is 3. The highest BCUT2D eigenvalue weighted by Crippen LogP contribution is 2.43. The normalized spacial score (nSPS) is 12.3. The molecule has 0 saturated carbocycles. The van der Waals surface area contributed by atoms with Gasteiger partial charge >= 0.3 is 5.69 Å². The minimum Gasteiger partial charge on any atom is -0.507 e. The Bertz CT molecular complexity index is 1170. The first-order valence-electron chi connectivity index (χ1n) is 8.18. The lowest BCUT2D eigenvalue weighted by Gasteiger charge is -2.22. The molecule has 138 valence electrons. The van der Waals surface area contributed by atoms with Crippen molar-refractivity contribution in [2.75, 3.05) is 5.32 Å². The van der Waals surface area contributed by atoms with Crippen LogP contribution in [-0.2, 0) is 0 Å². The summed E-state index contributed by atoms with van der Waals surface area (Å²) in [6.07, 6.45) is 0. The van der Waals surface area contributed by atoms with E-state index in [0.29, 0.717) is 5.69 Å². The number of nitrogens with one attached hydrogen (secondary N) is 1. The lowest BCUT2D eigenvalue weighted by molar-refractivity contribution is -0.385. The summed E-state index contributed by atoms with van der Waals surface area (Å²) in [5, 5.41) is 34.6. The molecule has 0 bridgehead atoms. The van der Waals surface area contributed by atoms with E-state index < -0.39 is 39.2 Å². The second-order valence-electron chi connectivity index (χ2n) is 6.14. The molecule has 3 aromatic rings. The van der Waals surface area contributed by atoms with Crippen LogP contribution in [0.2, 0.25) is 0 Å². The third-order valence-corrected chi connectivity index (χ3v) is 4.52. The number of aromatic hydroxyl groups is 2. The minimum absolute atomic E-state index is 0.155. The Morgan fingerprint density at radius 1 is 0.821 bits per heavy atom. The van der Waals surface area contributed by atoms with Gasteiger partial charge in [0.15, 0.2) is 5.78 Å². The number of para-hydroxylation sites is 1. The summed E-state index contributed by atoms with van der Waals surface area (Å²) >= 11 is 0. The van der Waals surface area contributed by atoms with Crippen LogP contribution < -0.4 is 5.32 Å². The van der Waals surface area contributed by atoms with E-state index in [2.05, 4.69) is 5.32 Å². The standard InChI is InChI=1S/C20H12N2O6/c23-14-9-7-12(21-10-4-2-1-3-5-10)16-17(14)18(24)11-6-8-13(22(27)28)19(25)15(11)20(16)26/h1-9,21,23,25H. The van der Waals surface area contributed by atoms with E-state index in [-0.39, 0.29) is 22.4 Å². The number of benzene rings is 3. The molecule has 8 heteroatoms. The summed E-state index contributed by atoms with van der Waals surface area (Å²) in [4.78, 5) is 36.3. The summed E-state index contributed by atoms with van der Waals surface area (Å²) in [5.74, 6) is -2.76. The first-order chi connectivity index (χ1) is 13.4. The van der Waals surface area contributed by atoms with E-state index in [0.717, 1.165) is 12.1 Å². The SMILES string of the molecule is O=C1c2ccc([N+](=O)[O-])c(O)c2C(=O)c2c(Nc3ccccc3)ccc(O)c21. The number of ketones is 2. The fraction of sp³-hybridized carbons (Fsp3) is 0. The lowest BCUT2D eigenvalue weighted by Crippen LogP contribution is -2.23. The van der Waals surface area contributed by atoms with Gasteiger partial charge in [-0.05, 0) is 30.3 Å². The van der Waals surface area contributed by atoms with E-state index in [4.69, 9.17) is 0 Å². The number of carbonyl (C=O) groups is 2. The van der Waals surface area contributed by atoms with Gasteiger partial charge < -0.3 is 15.5 Å². The first-order valence-corrected chi connectivity index (χ1v) is 8.18. The van der Waals surface area contributed by atoms with Crippen LogP contribution in [0.3, 0.4) is 0 Å². The maximum Gasteiger partial charge on any atom is 0.311 e. The van der Waals surface area contributed by atoms with Crippen molar-refractivity contribution in [1.82, 2.24) is 0 Å². The molecule has 0 amide bonds. The number of anilines is 2. The molecule has 0 aliphatic heterocycles. The van der Waals surface area contributed by atoms with Gasteiger partial charge in [0.05, 0.1) is 27.3 Å². The van der Waals surface area contributed by atoms with Crippen LogP contribution in [0.25, 0.3) is 0 Å². The molecule has 0 fully saturated rings. The zero-order valence-electron chi connectivity index (χ0n) is 14.2. The van der Waals surface area contributed by atoms with Crippen molar-refractivity contribution in [3.63, 3.8) is 0 Å². The Labute approximate surface area is 157 Å². The molecular weight excluding hydrogens is 364 g/mol. The fourth-order valence-corrected chi connectivity index (χ4v) is 3.24. The number of hydrogen-bond acceptors (Lipinski definition) is 7. The van der Waals surface area contributed by atoms with Crippen LogP contribution in [0.4, 0.5) is 17.1 Å². The molecule has 0 spiro atoms. The fourth-order valence-electron chi connectivity index (χ4n) is 3.24. The molecule has 1 aliphatic carbocycles. The van der Waals surface area contributed by atoms with Crippen molar-refractivity contribution in [2.45, 2.75) is 0 Å². The number of fused-ring (bicyclic) bond motifs is 2. The van der Waals surface area contributed by atoms with Gasteiger partial charge in [0.25, 0.3) is 0 Å². The Morgan fingerprint density at radius 2 is 1.54 bits per heavy atom. The second-order valence-corrected chi connectivity index (χ2v) is 6.14. The van der Waals surface area contributed by atoms with Crippen LogP contribution in [0.1, 0.15) is 31.8 Å². The zero-order valence-corrected chi connectivity index (χ0v) is 14.2. The van der Waals surface area contributed by atoms with Crippen molar-refractivity contribution in [3.05, 3.63) is 87.0 Å². The summed E-state index contributed by atoms with van der Waals surface area (Å²) < 4.78 is 0.